The van der Waals surface area contributed by atoms with E-state index >= 15 is 0 Å². The molecule has 0 spiro atoms. The summed E-state index contributed by atoms with van der Waals surface area (Å²) in [5, 5.41) is 11.8. The summed E-state index contributed by atoms with van der Waals surface area (Å²) in [4.78, 5) is 6.70. The highest BCUT2D eigenvalue weighted by Gasteiger charge is 2.09. The van der Waals surface area contributed by atoms with Crippen molar-refractivity contribution in [2.45, 2.75) is 13.5 Å². The van der Waals surface area contributed by atoms with Gasteiger partial charge in [-0.3, -0.25) is 0 Å². The Bertz CT molecular complexity index is 392. The van der Waals surface area contributed by atoms with Crippen LogP contribution < -0.4 is 0 Å². The number of aromatic nitrogens is 1. The second kappa shape index (κ2) is 3.57. The number of nitrogens with zero attached hydrogens (tertiary/aromatic N) is 1. The summed E-state index contributed by atoms with van der Waals surface area (Å²) in [7, 11) is 0. The zero-order valence-corrected chi connectivity index (χ0v) is 8.78. The van der Waals surface area contributed by atoms with Gasteiger partial charge in [-0.1, -0.05) is 6.07 Å². The molecule has 1 N–H and O–H groups in total. The van der Waals surface area contributed by atoms with Gasteiger partial charge in [0, 0.05) is 4.88 Å². The molecule has 0 atom stereocenters. The van der Waals surface area contributed by atoms with Crippen molar-refractivity contribution in [1.82, 2.24) is 4.98 Å². The SMILES string of the molecule is Cc1sc(CO)nc1-c1cccs1. The molecule has 2 aromatic rings. The molecule has 0 radical (unpaired) electrons. The zero-order valence-electron chi connectivity index (χ0n) is 7.15. The maximum atomic E-state index is 8.92. The largest absolute Gasteiger partial charge is 0.389 e. The summed E-state index contributed by atoms with van der Waals surface area (Å²) in [6.07, 6.45) is 0. The number of thiazole rings is 1. The molecule has 0 unspecified atom stereocenters. The van der Waals surface area contributed by atoms with Gasteiger partial charge in [0.1, 0.15) is 5.01 Å². The van der Waals surface area contributed by atoms with Gasteiger partial charge in [0.05, 0.1) is 17.2 Å². The highest BCUT2D eigenvalue weighted by atomic mass is 32.1. The molecule has 2 heterocycles. The van der Waals surface area contributed by atoms with Crippen LogP contribution in [0.4, 0.5) is 0 Å². The molecule has 0 aliphatic heterocycles. The van der Waals surface area contributed by atoms with Crippen LogP contribution in [0.3, 0.4) is 0 Å². The van der Waals surface area contributed by atoms with Gasteiger partial charge in [-0.2, -0.15) is 0 Å². The molecule has 0 aliphatic rings. The van der Waals surface area contributed by atoms with Crippen molar-refractivity contribution in [3.05, 3.63) is 27.4 Å². The third-order valence-corrected chi connectivity index (χ3v) is 3.56. The molecule has 0 aliphatic carbocycles. The first-order chi connectivity index (χ1) is 6.31. The summed E-state index contributed by atoms with van der Waals surface area (Å²) in [5.41, 5.74) is 1.02. The van der Waals surface area contributed by atoms with Crippen molar-refractivity contribution in [2.24, 2.45) is 0 Å². The predicted octanol–water partition coefficient (Wildman–Crippen LogP) is 2.67. The third kappa shape index (κ3) is 1.65. The lowest BCUT2D eigenvalue weighted by molar-refractivity contribution is 0.281. The molecule has 0 bridgehead atoms. The quantitative estimate of drug-likeness (QED) is 0.828. The lowest BCUT2D eigenvalue weighted by Crippen LogP contribution is -1.80. The van der Waals surface area contributed by atoms with Crippen LogP contribution in [0.5, 0.6) is 0 Å². The van der Waals surface area contributed by atoms with Gasteiger partial charge >= 0.3 is 0 Å². The van der Waals surface area contributed by atoms with Crippen molar-refractivity contribution >= 4 is 22.7 Å². The van der Waals surface area contributed by atoms with Gasteiger partial charge in [-0.15, -0.1) is 22.7 Å². The van der Waals surface area contributed by atoms with E-state index in [9.17, 15) is 0 Å². The van der Waals surface area contributed by atoms with Gasteiger partial charge in [-0.05, 0) is 18.4 Å². The molecule has 2 aromatic heterocycles. The minimum atomic E-state index is 0.0386. The van der Waals surface area contributed by atoms with E-state index in [2.05, 4.69) is 4.98 Å². The normalized spacial score (nSPS) is 10.6. The first kappa shape index (κ1) is 8.87. The van der Waals surface area contributed by atoms with Crippen LogP contribution in [0.1, 0.15) is 9.88 Å². The second-order valence-electron chi connectivity index (χ2n) is 2.65. The lowest BCUT2D eigenvalue weighted by Gasteiger charge is -1.90. The van der Waals surface area contributed by atoms with Crippen molar-refractivity contribution in [1.29, 1.82) is 0 Å². The number of rotatable bonds is 2. The molecule has 0 aromatic carbocycles. The standard InChI is InChI=1S/C9H9NOS2/c1-6-9(7-3-2-4-12-7)10-8(5-11)13-6/h2-4,11H,5H2,1H3. The van der Waals surface area contributed by atoms with Gasteiger partial charge < -0.3 is 5.11 Å². The van der Waals surface area contributed by atoms with Gasteiger partial charge in [0.25, 0.3) is 0 Å². The van der Waals surface area contributed by atoms with Gasteiger partial charge in [0.2, 0.25) is 0 Å². The van der Waals surface area contributed by atoms with Crippen LogP contribution >= 0.6 is 22.7 Å². The molecular formula is C9H9NOS2. The topological polar surface area (TPSA) is 33.1 Å². The highest BCUT2D eigenvalue weighted by molar-refractivity contribution is 7.15. The Labute approximate surface area is 84.5 Å². The van der Waals surface area contributed by atoms with E-state index in [0.29, 0.717) is 0 Å². The molecule has 2 rings (SSSR count). The van der Waals surface area contributed by atoms with Gasteiger partial charge in [-0.25, -0.2) is 4.98 Å². The van der Waals surface area contributed by atoms with Crippen molar-refractivity contribution in [2.75, 3.05) is 0 Å². The zero-order chi connectivity index (χ0) is 9.26. The Morgan fingerprint density at radius 2 is 2.38 bits per heavy atom. The summed E-state index contributed by atoms with van der Waals surface area (Å²) in [6, 6.07) is 4.06. The number of aryl methyl sites for hydroxylation is 1. The van der Waals surface area contributed by atoms with Crippen molar-refractivity contribution in [3.8, 4) is 10.6 Å². The fourth-order valence-electron chi connectivity index (χ4n) is 1.16. The molecule has 13 heavy (non-hydrogen) atoms. The fourth-order valence-corrected chi connectivity index (χ4v) is 2.80. The van der Waals surface area contributed by atoms with Crippen LogP contribution in [-0.2, 0) is 6.61 Å². The number of aliphatic hydroxyl groups excluding tert-OH is 1. The monoisotopic (exact) mass is 211 g/mol. The first-order valence-corrected chi connectivity index (χ1v) is 5.62. The highest BCUT2D eigenvalue weighted by Crippen LogP contribution is 2.30. The maximum Gasteiger partial charge on any atom is 0.119 e. The Kier molecular flexibility index (Phi) is 2.44. The van der Waals surface area contributed by atoms with Crippen LogP contribution in [0, 0.1) is 6.92 Å². The second-order valence-corrected chi connectivity index (χ2v) is 4.88. The Hall–Kier alpha value is -0.710. The molecule has 2 nitrogen and oxygen atoms in total. The average molecular weight is 211 g/mol. The van der Waals surface area contributed by atoms with E-state index in [1.54, 1.807) is 22.7 Å². The van der Waals surface area contributed by atoms with Crippen molar-refractivity contribution < 1.29 is 5.11 Å². The lowest BCUT2D eigenvalue weighted by atomic mass is 10.3. The van der Waals surface area contributed by atoms with Crippen LogP contribution in [0.15, 0.2) is 17.5 Å². The van der Waals surface area contributed by atoms with Crippen LogP contribution in [0.2, 0.25) is 0 Å². The number of hydrogen-bond donors (Lipinski definition) is 1. The van der Waals surface area contributed by atoms with E-state index in [0.717, 1.165) is 10.7 Å². The summed E-state index contributed by atoms with van der Waals surface area (Å²) >= 11 is 3.23. The Morgan fingerprint density at radius 3 is 2.92 bits per heavy atom. The average Bonchev–Trinajstić information content (AvgIpc) is 2.72. The summed E-state index contributed by atoms with van der Waals surface area (Å²) in [6.45, 7) is 2.07. The minimum absolute atomic E-state index is 0.0386. The predicted molar refractivity (Wildman–Crippen MR) is 56.1 cm³/mol. The smallest absolute Gasteiger partial charge is 0.119 e. The van der Waals surface area contributed by atoms with Crippen molar-refractivity contribution in [3.63, 3.8) is 0 Å². The third-order valence-electron chi connectivity index (χ3n) is 1.73. The number of thiophene rings is 1. The number of aliphatic hydroxyl groups is 1. The van der Waals surface area contributed by atoms with Crippen LogP contribution in [-0.4, -0.2) is 10.1 Å². The van der Waals surface area contributed by atoms with E-state index < -0.39 is 0 Å². The van der Waals surface area contributed by atoms with E-state index in [1.165, 1.54) is 9.75 Å². The van der Waals surface area contributed by atoms with Crippen LogP contribution in [0.25, 0.3) is 10.6 Å². The Balaban J connectivity index is 2.46. The first-order valence-electron chi connectivity index (χ1n) is 3.92. The minimum Gasteiger partial charge on any atom is -0.389 e. The van der Waals surface area contributed by atoms with Gasteiger partial charge in [0.15, 0.2) is 0 Å². The molecule has 0 amide bonds. The molecule has 0 saturated carbocycles. The molecular weight excluding hydrogens is 202 g/mol. The molecule has 0 fully saturated rings. The van der Waals surface area contributed by atoms with E-state index in [-0.39, 0.29) is 6.61 Å². The molecule has 4 heteroatoms. The Morgan fingerprint density at radius 1 is 1.54 bits per heavy atom. The fraction of sp³-hybridized carbons (Fsp3) is 0.222. The van der Waals surface area contributed by atoms with E-state index in [4.69, 9.17) is 5.11 Å². The molecule has 0 saturated heterocycles. The molecule has 68 valence electrons. The summed E-state index contributed by atoms with van der Waals surface area (Å²) < 4.78 is 0. The summed E-state index contributed by atoms with van der Waals surface area (Å²) in [5.74, 6) is 0. The van der Waals surface area contributed by atoms with E-state index in [1.807, 2.05) is 24.4 Å². The maximum absolute atomic E-state index is 8.92. The number of hydrogen-bond acceptors (Lipinski definition) is 4.